The molecule has 6 nitrogen and oxygen atoms in total. The molecule has 3 rings (SSSR count). The van der Waals surface area contributed by atoms with Crippen LogP contribution in [0.25, 0.3) is 0 Å². The van der Waals surface area contributed by atoms with Gasteiger partial charge in [-0.05, 0) is 69.1 Å². The lowest BCUT2D eigenvalue weighted by Gasteiger charge is -2.37. The van der Waals surface area contributed by atoms with Gasteiger partial charge in [0.1, 0.15) is 0 Å². The van der Waals surface area contributed by atoms with Crippen molar-refractivity contribution in [1.29, 1.82) is 0 Å². The van der Waals surface area contributed by atoms with Crippen molar-refractivity contribution in [3.8, 4) is 11.5 Å². The highest BCUT2D eigenvalue weighted by Crippen LogP contribution is 2.44. The van der Waals surface area contributed by atoms with Gasteiger partial charge < -0.3 is 20.3 Å². The number of aliphatic carboxylic acids is 1. The largest absolute Gasteiger partial charge is 0.493 e. The second kappa shape index (κ2) is 7.56. The van der Waals surface area contributed by atoms with Crippen LogP contribution in [0.15, 0.2) is 18.2 Å². The fraction of sp³-hybridized carbons (Fsp3) is 0.600. The van der Waals surface area contributed by atoms with Gasteiger partial charge in [-0.2, -0.15) is 0 Å². The highest BCUT2D eigenvalue weighted by Gasteiger charge is 2.43. The molecule has 0 saturated heterocycles. The van der Waals surface area contributed by atoms with Crippen LogP contribution in [0.4, 0.5) is 0 Å². The summed E-state index contributed by atoms with van der Waals surface area (Å²) in [6.45, 7) is 0. The molecule has 1 amide bonds. The minimum Gasteiger partial charge on any atom is -0.493 e. The van der Waals surface area contributed by atoms with E-state index in [1.165, 1.54) is 0 Å². The molecule has 0 atom stereocenters. The maximum absolute atomic E-state index is 12.4. The first-order valence-corrected chi connectivity index (χ1v) is 9.34. The van der Waals surface area contributed by atoms with Crippen LogP contribution in [0.1, 0.15) is 56.9 Å². The monoisotopic (exact) mass is 361 g/mol. The number of rotatable bonds is 6. The van der Waals surface area contributed by atoms with Crippen LogP contribution in [-0.2, 0) is 15.0 Å². The third kappa shape index (κ3) is 3.50. The summed E-state index contributed by atoms with van der Waals surface area (Å²) < 4.78 is 11.6. The zero-order valence-corrected chi connectivity index (χ0v) is 15.2. The topological polar surface area (TPSA) is 98.9 Å². The molecule has 0 aliphatic heterocycles. The van der Waals surface area contributed by atoms with Crippen LogP contribution in [-0.4, -0.2) is 30.2 Å². The van der Waals surface area contributed by atoms with Crippen LogP contribution in [0, 0.1) is 5.92 Å². The summed E-state index contributed by atoms with van der Waals surface area (Å²) in [5.41, 5.74) is 5.73. The summed E-state index contributed by atoms with van der Waals surface area (Å²) in [4.78, 5) is 23.6. The number of carboxylic acids is 1. The number of carbonyl (C=O) groups is 2. The van der Waals surface area contributed by atoms with Crippen molar-refractivity contribution in [1.82, 2.24) is 0 Å². The second-order valence-electron chi connectivity index (χ2n) is 7.45. The van der Waals surface area contributed by atoms with E-state index in [-0.39, 0.29) is 6.10 Å². The Labute approximate surface area is 153 Å². The van der Waals surface area contributed by atoms with Crippen molar-refractivity contribution in [3.63, 3.8) is 0 Å². The third-order valence-electron chi connectivity index (χ3n) is 5.97. The highest BCUT2D eigenvalue weighted by molar-refractivity contribution is 5.87. The van der Waals surface area contributed by atoms with Gasteiger partial charge in [-0.15, -0.1) is 0 Å². The number of carbonyl (C=O) groups excluding carboxylic acids is 1. The lowest BCUT2D eigenvalue weighted by molar-refractivity contribution is -0.144. The van der Waals surface area contributed by atoms with Gasteiger partial charge in [0.2, 0.25) is 5.91 Å². The van der Waals surface area contributed by atoms with E-state index in [0.717, 1.165) is 31.2 Å². The molecule has 0 unspecified atom stereocenters. The molecule has 0 spiro atoms. The Morgan fingerprint density at radius 2 is 1.77 bits per heavy atom. The fourth-order valence-electron chi connectivity index (χ4n) is 4.29. The van der Waals surface area contributed by atoms with Crippen molar-refractivity contribution >= 4 is 11.9 Å². The zero-order chi connectivity index (χ0) is 18.7. The highest BCUT2D eigenvalue weighted by atomic mass is 16.5. The Balaban J connectivity index is 1.90. The summed E-state index contributed by atoms with van der Waals surface area (Å²) in [6.07, 6.45) is 6.31. The van der Waals surface area contributed by atoms with Crippen LogP contribution >= 0.6 is 0 Å². The Morgan fingerprint density at radius 3 is 2.31 bits per heavy atom. The number of hydrogen-bond donors (Lipinski definition) is 2. The van der Waals surface area contributed by atoms with Crippen LogP contribution in [0.5, 0.6) is 11.5 Å². The van der Waals surface area contributed by atoms with E-state index < -0.39 is 23.2 Å². The predicted octanol–water partition coefficient (Wildman–Crippen LogP) is 3.01. The molecule has 2 fully saturated rings. The number of methoxy groups -OCH3 is 1. The van der Waals surface area contributed by atoms with E-state index in [1.807, 2.05) is 18.2 Å². The van der Waals surface area contributed by atoms with Gasteiger partial charge in [-0.25, -0.2) is 0 Å². The minimum atomic E-state index is -0.841. The molecule has 26 heavy (non-hydrogen) atoms. The smallest absolute Gasteiger partial charge is 0.306 e. The van der Waals surface area contributed by atoms with Gasteiger partial charge in [0.15, 0.2) is 11.5 Å². The van der Waals surface area contributed by atoms with Gasteiger partial charge in [-0.1, -0.05) is 6.07 Å². The summed E-state index contributed by atoms with van der Waals surface area (Å²) in [5, 5.41) is 9.24. The van der Waals surface area contributed by atoms with Gasteiger partial charge in [0.05, 0.1) is 24.5 Å². The van der Waals surface area contributed by atoms with Crippen molar-refractivity contribution in [2.24, 2.45) is 11.7 Å². The number of ether oxygens (including phenoxy) is 2. The van der Waals surface area contributed by atoms with Crippen LogP contribution in [0.2, 0.25) is 0 Å². The average molecular weight is 361 g/mol. The van der Waals surface area contributed by atoms with Crippen LogP contribution in [0.3, 0.4) is 0 Å². The molecule has 0 heterocycles. The first-order valence-electron chi connectivity index (χ1n) is 9.34. The quantitative estimate of drug-likeness (QED) is 0.811. The van der Waals surface area contributed by atoms with Crippen molar-refractivity contribution in [2.75, 3.05) is 7.11 Å². The third-order valence-corrected chi connectivity index (χ3v) is 5.97. The maximum Gasteiger partial charge on any atom is 0.306 e. The normalized spacial score (nSPS) is 26.4. The second-order valence-corrected chi connectivity index (χ2v) is 7.45. The van der Waals surface area contributed by atoms with Gasteiger partial charge in [0, 0.05) is 0 Å². The Kier molecular flexibility index (Phi) is 5.39. The summed E-state index contributed by atoms with van der Waals surface area (Å²) in [7, 11) is 1.60. The van der Waals surface area contributed by atoms with Gasteiger partial charge in [0.25, 0.3) is 0 Å². The average Bonchev–Trinajstić information content (AvgIpc) is 3.14. The maximum atomic E-state index is 12.4. The Morgan fingerprint density at radius 1 is 1.12 bits per heavy atom. The number of hydrogen-bond acceptors (Lipinski definition) is 4. The molecule has 2 aliphatic rings. The number of carboxylic acid groups (broad SMARTS) is 1. The van der Waals surface area contributed by atoms with E-state index in [0.29, 0.717) is 37.2 Å². The Bertz CT molecular complexity index is 673. The predicted molar refractivity (Wildman–Crippen MR) is 96.3 cm³/mol. The number of primary amides is 1. The molecule has 1 aromatic carbocycles. The van der Waals surface area contributed by atoms with Crippen molar-refractivity contribution < 1.29 is 24.2 Å². The first-order chi connectivity index (χ1) is 12.5. The number of benzene rings is 1. The SMILES string of the molecule is COc1ccc(C2(C(N)=O)CCC(C(=O)O)CC2)cc1OC1CCCC1. The zero-order valence-electron chi connectivity index (χ0n) is 15.2. The van der Waals surface area contributed by atoms with Gasteiger partial charge >= 0.3 is 5.97 Å². The summed E-state index contributed by atoms with van der Waals surface area (Å²) in [5.74, 6) is -0.339. The summed E-state index contributed by atoms with van der Waals surface area (Å²) >= 11 is 0. The fourth-order valence-corrected chi connectivity index (χ4v) is 4.29. The molecule has 1 aromatic rings. The molecule has 2 saturated carbocycles. The van der Waals surface area contributed by atoms with Crippen molar-refractivity contribution in [3.05, 3.63) is 23.8 Å². The van der Waals surface area contributed by atoms with E-state index in [9.17, 15) is 14.7 Å². The lowest BCUT2D eigenvalue weighted by Crippen LogP contribution is -2.45. The van der Waals surface area contributed by atoms with Crippen LogP contribution < -0.4 is 15.2 Å². The molecule has 142 valence electrons. The van der Waals surface area contributed by atoms with E-state index >= 15 is 0 Å². The first kappa shape index (κ1) is 18.5. The number of amides is 1. The molecule has 3 N–H and O–H groups in total. The molecule has 0 radical (unpaired) electrons. The molecule has 0 bridgehead atoms. The molecular weight excluding hydrogens is 334 g/mol. The number of nitrogens with two attached hydrogens (primary N) is 1. The standard InChI is InChI=1S/C20H27NO5/c1-25-16-7-6-14(12-17(16)26-15-4-2-3-5-15)20(19(21)24)10-8-13(9-11-20)18(22)23/h6-7,12-13,15H,2-5,8-11H2,1H3,(H2,21,24)(H,22,23). The van der Waals surface area contributed by atoms with E-state index in [1.54, 1.807) is 7.11 Å². The van der Waals surface area contributed by atoms with E-state index in [4.69, 9.17) is 15.2 Å². The minimum absolute atomic E-state index is 0.173. The lowest BCUT2D eigenvalue weighted by atomic mass is 9.66. The summed E-state index contributed by atoms with van der Waals surface area (Å²) in [6, 6.07) is 5.53. The molecule has 6 heteroatoms. The molecule has 2 aliphatic carbocycles. The Hall–Kier alpha value is -2.24. The molecule has 0 aromatic heterocycles. The van der Waals surface area contributed by atoms with E-state index in [2.05, 4.69) is 0 Å². The molecular formula is C20H27NO5. The van der Waals surface area contributed by atoms with Crippen molar-refractivity contribution in [2.45, 2.75) is 62.9 Å². The van der Waals surface area contributed by atoms with Gasteiger partial charge in [-0.3, -0.25) is 9.59 Å².